The van der Waals surface area contributed by atoms with Gasteiger partial charge in [0.05, 0.1) is 24.7 Å². The molecule has 37 heavy (non-hydrogen) atoms. The number of nitrogens with one attached hydrogen (secondary N) is 1. The molecule has 0 radical (unpaired) electrons. The van der Waals surface area contributed by atoms with Gasteiger partial charge < -0.3 is 19.7 Å². The highest BCUT2D eigenvalue weighted by atomic mass is 35.5. The number of carbonyl (C=O) groups excluding carboxylic acids is 3. The summed E-state index contributed by atoms with van der Waals surface area (Å²) < 4.78 is 11.0. The highest BCUT2D eigenvalue weighted by Crippen LogP contribution is 2.27. The molecule has 1 N–H and O–H groups in total. The number of unbranched alkanes of at least 4 members (excludes halogenated alkanes) is 9. The number of nitrogens with zero attached hydrogens (tertiary/aromatic N) is 1. The van der Waals surface area contributed by atoms with Crippen molar-refractivity contribution in [1.29, 1.82) is 0 Å². The lowest BCUT2D eigenvalue weighted by Crippen LogP contribution is -2.57. The second-order valence-electron chi connectivity index (χ2n) is 9.53. The second-order valence-corrected chi connectivity index (χ2v) is 10.4. The molecule has 1 unspecified atom stereocenters. The third kappa shape index (κ3) is 12.4. The van der Waals surface area contributed by atoms with Gasteiger partial charge in [-0.1, -0.05) is 87.9 Å². The molecule has 7 nitrogen and oxygen atoms in total. The number of halogens is 2. The van der Waals surface area contributed by atoms with Crippen LogP contribution in [0, 0.1) is 0 Å². The third-order valence-corrected chi connectivity index (χ3v) is 6.99. The van der Waals surface area contributed by atoms with Crippen molar-refractivity contribution in [1.82, 2.24) is 10.2 Å². The molecule has 0 aromatic heterocycles. The van der Waals surface area contributed by atoms with E-state index in [-0.39, 0.29) is 24.7 Å². The van der Waals surface area contributed by atoms with E-state index in [1.54, 1.807) is 18.2 Å². The van der Waals surface area contributed by atoms with Crippen molar-refractivity contribution in [3.05, 3.63) is 28.2 Å². The fraction of sp³-hybridized carbons (Fsp3) is 0.679. The average molecular weight is 558 g/mol. The van der Waals surface area contributed by atoms with Gasteiger partial charge in [0.15, 0.2) is 0 Å². The summed E-state index contributed by atoms with van der Waals surface area (Å²) >= 11 is 12.0. The van der Waals surface area contributed by atoms with E-state index in [1.807, 2.05) is 0 Å². The lowest BCUT2D eigenvalue weighted by Gasteiger charge is -2.34. The fourth-order valence-corrected chi connectivity index (χ4v) is 4.81. The van der Waals surface area contributed by atoms with Crippen LogP contribution >= 0.6 is 23.2 Å². The molecule has 0 saturated carbocycles. The molecule has 1 aliphatic heterocycles. The maximum Gasteiger partial charge on any atom is 0.308 e. The monoisotopic (exact) mass is 556 g/mol. The summed E-state index contributed by atoms with van der Waals surface area (Å²) in [5.74, 6) is -0.455. The van der Waals surface area contributed by atoms with Gasteiger partial charge in [-0.05, 0) is 31.0 Å². The number of benzene rings is 1. The maximum atomic E-state index is 12.8. The van der Waals surface area contributed by atoms with Crippen LogP contribution in [0.2, 0.25) is 10.0 Å². The van der Waals surface area contributed by atoms with Gasteiger partial charge in [0.2, 0.25) is 11.8 Å². The number of hydrogen-bond acceptors (Lipinski definition) is 5. The Balaban J connectivity index is 1.63. The SMILES string of the molecule is CCCCCCCCCCCCOC(=O)CC1C(=O)NCCN1C(=O)CCCOc1ccc(Cl)cc1Cl. The van der Waals surface area contributed by atoms with E-state index in [1.165, 1.54) is 49.8 Å². The van der Waals surface area contributed by atoms with Crippen molar-refractivity contribution >= 4 is 41.0 Å². The van der Waals surface area contributed by atoms with Crippen LogP contribution in [0.25, 0.3) is 0 Å². The molecule has 2 amide bonds. The van der Waals surface area contributed by atoms with Crippen LogP contribution in [0.3, 0.4) is 0 Å². The average Bonchev–Trinajstić information content (AvgIpc) is 2.87. The third-order valence-electron chi connectivity index (χ3n) is 6.46. The molecule has 208 valence electrons. The summed E-state index contributed by atoms with van der Waals surface area (Å²) in [5, 5.41) is 3.67. The van der Waals surface area contributed by atoms with Crippen LogP contribution in [0.1, 0.15) is 90.4 Å². The summed E-state index contributed by atoms with van der Waals surface area (Å²) in [7, 11) is 0. The number of carbonyl (C=O) groups is 3. The molecule has 1 heterocycles. The molecule has 1 saturated heterocycles. The Morgan fingerprint density at radius 3 is 2.32 bits per heavy atom. The van der Waals surface area contributed by atoms with E-state index in [0.717, 1.165) is 19.3 Å². The van der Waals surface area contributed by atoms with Gasteiger partial charge in [0, 0.05) is 24.5 Å². The van der Waals surface area contributed by atoms with E-state index in [4.69, 9.17) is 32.7 Å². The smallest absolute Gasteiger partial charge is 0.308 e. The van der Waals surface area contributed by atoms with Crippen molar-refractivity contribution in [2.45, 2.75) is 96.4 Å². The van der Waals surface area contributed by atoms with Crippen molar-refractivity contribution in [3.63, 3.8) is 0 Å². The van der Waals surface area contributed by atoms with Crippen LogP contribution < -0.4 is 10.1 Å². The number of amides is 2. The van der Waals surface area contributed by atoms with E-state index in [2.05, 4.69) is 12.2 Å². The first-order valence-electron chi connectivity index (χ1n) is 13.7. The van der Waals surface area contributed by atoms with Crippen LogP contribution in [-0.2, 0) is 19.1 Å². The van der Waals surface area contributed by atoms with Crippen LogP contribution in [-0.4, -0.2) is 55.0 Å². The maximum absolute atomic E-state index is 12.8. The van der Waals surface area contributed by atoms with Crippen molar-refractivity contribution < 1.29 is 23.9 Å². The molecule has 1 aliphatic rings. The Kier molecular flexibility index (Phi) is 15.4. The zero-order valence-corrected chi connectivity index (χ0v) is 23.6. The number of hydrogen-bond donors (Lipinski definition) is 1. The van der Waals surface area contributed by atoms with Gasteiger partial charge >= 0.3 is 5.97 Å². The number of ether oxygens (including phenoxy) is 2. The summed E-state index contributed by atoms with van der Waals surface area (Å²) in [4.78, 5) is 39.1. The Morgan fingerprint density at radius 2 is 1.65 bits per heavy atom. The van der Waals surface area contributed by atoms with E-state index >= 15 is 0 Å². The van der Waals surface area contributed by atoms with Gasteiger partial charge in [-0.2, -0.15) is 0 Å². The molecule has 0 aliphatic carbocycles. The molecule has 2 rings (SSSR count). The first-order chi connectivity index (χ1) is 17.9. The summed E-state index contributed by atoms with van der Waals surface area (Å²) in [6.07, 6.45) is 12.6. The Morgan fingerprint density at radius 1 is 0.973 bits per heavy atom. The zero-order valence-electron chi connectivity index (χ0n) is 22.1. The lowest BCUT2D eigenvalue weighted by atomic mass is 10.1. The summed E-state index contributed by atoms with van der Waals surface area (Å²) in [6.45, 7) is 3.60. The molecule has 1 aromatic carbocycles. The molecule has 0 bridgehead atoms. The van der Waals surface area contributed by atoms with E-state index < -0.39 is 12.0 Å². The molecular formula is C28H42Cl2N2O5. The van der Waals surface area contributed by atoms with Crippen molar-refractivity contribution in [2.24, 2.45) is 0 Å². The molecule has 9 heteroatoms. The Hall–Kier alpha value is -1.99. The van der Waals surface area contributed by atoms with Crippen molar-refractivity contribution in [3.8, 4) is 5.75 Å². The molecule has 1 fully saturated rings. The highest BCUT2D eigenvalue weighted by Gasteiger charge is 2.34. The van der Waals surface area contributed by atoms with E-state index in [9.17, 15) is 14.4 Å². The largest absolute Gasteiger partial charge is 0.492 e. The van der Waals surface area contributed by atoms with Crippen LogP contribution in [0.15, 0.2) is 18.2 Å². The predicted molar refractivity (Wildman–Crippen MR) is 147 cm³/mol. The number of rotatable bonds is 18. The minimum Gasteiger partial charge on any atom is -0.492 e. The highest BCUT2D eigenvalue weighted by molar-refractivity contribution is 6.35. The van der Waals surface area contributed by atoms with Crippen molar-refractivity contribution in [2.75, 3.05) is 26.3 Å². The van der Waals surface area contributed by atoms with Gasteiger partial charge in [0.1, 0.15) is 11.8 Å². The minimum atomic E-state index is -0.840. The van der Waals surface area contributed by atoms with Gasteiger partial charge in [-0.15, -0.1) is 0 Å². The standard InChI is InChI=1S/C28H42Cl2N2O5/c1-2-3-4-5-6-7-8-9-10-11-18-37-27(34)21-24-28(35)31-16-17-32(24)26(33)13-12-19-36-25-15-14-22(29)20-23(25)30/h14-15,20,24H,2-13,16-19,21H2,1H3,(H,31,35). The quantitative estimate of drug-likeness (QED) is 0.168. The Labute approximate surface area is 231 Å². The second kappa shape index (κ2) is 18.3. The number of esters is 1. The topological polar surface area (TPSA) is 84.9 Å². The lowest BCUT2D eigenvalue weighted by molar-refractivity contribution is -0.152. The van der Waals surface area contributed by atoms with Crippen LogP contribution in [0.5, 0.6) is 5.75 Å². The summed E-state index contributed by atoms with van der Waals surface area (Å²) in [5.41, 5.74) is 0. The molecule has 1 aromatic rings. The molecular weight excluding hydrogens is 515 g/mol. The Bertz CT molecular complexity index is 852. The predicted octanol–water partition coefficient (Wildman–Crippen LogP) is 6.33. The first kappa shape index (κ1) is 31.2. The molecule has 0 spiro atoms. The first-order valence-corrected chi connectivity index (χ1v) is 14.5. The van der Waals surface area contributed by atoms with Gasteiger partial charge in [-0.3, -0.25) is 14.4 Å². The molecule has 1 atom stereocenters. The zero-order chi connectivity index (χ0) is 26.9. The van der Waals surface area contributed by atoms with Crippen LogP contribution in [0.4, 0.5) is 0 Å². The summed E-state index contributed by atoms with van der Waals surface area (Å²) in [6, 6.07) is 4.11. The minimum absolute atomic E-state index is 0.133. The van der Waals surface area contributed by atoms with E-state index in [0.29, 0.717) is 48.5 Å². The fourth-order valence-electron chi connectivity index (χ4n) is 4.35. The van der Waals surface area contributed by atoms with Gasteiger partial charge in [0.25, 0.3) is 0 Å². The normalized spacial score (nSPS) is 15.4. The number of piperazine rings is 1. The van der Waals surface area contributed by atoms with Gasteiger partial charge in [-0.25, -0.2) is 0 Å².